The second-order valence-corrected chi connectivity index (χ2v) is 6.87. The molecule has 19 heavy (non-hydrogen) atoms. The van der Waals surface area contributed by atoms with Crippen molar-refractivity contribution in [3.8, 4) is 0 Å². The molecule has 0 saturated heterocycles. The Balaban J connectivity index is 2.49. The molecule has 0 aromatic heterocycles. The predicted molar refractivity (Wildman–Crippen MR) is 74.8 cm³/mol. The minimum atomic E-state index is -0.798. The first-order valence-electron chi connectivity index (χ1n) is 7.18. The van der Waals surface area contributed by atoms with Crippen molar-refractivity contribution in [1.82, 2.24) is 4.90 Å². The van der Waals surface area contributed by atoms with Crippen molar-refractivity contribution in [3.63, 3.8) is 0 Å². The maximum atomic E-state index is 12.4. The van der Waals surface area contributed by atoms with E-state index in [4.69, 9.17) is 5.11 Å². The summed E-state index contributed by atoms with van der Waals surface area (Å²) in [6.07, 6.45) is 3.75. The van der Waals surface area contributed by atoms with Gasteiger partial charge in [0.1, 0.15) is 0 Å². The van der Waals surface area contributed by atoms with E-state index in [0.717, 1.165) is 12.8 Å². The van der Waals surface area contributed by atoms with Gasteiger partial charge in [0.2, 0.25) is 5.91 Å². The number of carboxylic acid groups (broad SMARTS) is 1. The summed E-state index contributed by atoms with van der Waals surface area (Å²) in [5, 5.41) is 8.61. The number of hydrogen-bond acceptors (Lipinski definition) is 2. The minimum absolute atomic E-state index is 0.105. The molecular weight excluding hydrogens is 242 g/mol. The van der Waals surface area contributed by atoms with Crippen LogP contribution in [0.25, 0.3) is 0 Å². The van der Waals surface area contributed by atoms with Crippen molar-refractivity contribution in [1.29, 1.82) is 0 Å². The van der Waals surface area contributed by atoms with Crippen LogP contribution in [-0.2, 0) is 9.59 Å². The first-order valence-corrected chi connectivity index (χ1v) is 7.18. The minimum Gasteiger partial charge on any atom is -0.481 e. The smallest absolute Gasteiger partial charge is 0.303 e. The van der Waals surface area contributed by atoms with E-state index in [2.05, 4.69) is 20.8 Å². The van der Waals surface area contributed by atoms with Gasteiger partial charge in [0.15, 0.2) is 0 Å². The molecule has 1 aliphatic rings. The van der Waals surface area contributed by atoms with Crippen LogP contribution in [0.15, 0.2) is 0 Å². The molecule has 0 aromatic rings. The molecule has 0 aromatic carbocycles. The highest BCUT2D eigenvalue weighted by Gasteiger charge is 2.36. The third-order valence-corrected chi connectivity index (χ3v) is 4.00. The van der Waals surface area contributed by atoms with E-state index >= 15 is 0 Å². The molecule has 2 unspecified atom stereocenters. The van der Waals surface area contributed by atoms with Crippen LogP contribution in [0, 0.1) is 17.3 Å². The molecular formula is C15H27NO3. The van der Waals surface area contributed by atoms with Gasteiger partial charge in [-0.1, -0.05) is 20.8 Å². The molecule has 0 aliphatic heterocycles. The number of amides is 1. The van der Waals surface area contributed by atoms with E-state index in [9.17, 15) is 9.59 Å². The van der Waals surface area contributed by atoms with Crippen LogP contribution in [0.5, 0.6) is 0 Å². The average molecular weight is 269 g/mol. The summed E-state index contributed by atoms with van der Waals surface area (Å²) in [7, 11) is 1.79. The van der Waals surface area contributed by atoms with E-state index in [1.54, 1.807) is 11.9 Å². The van der Waals surface area contributed by atoms with Crippen molar-refractivity contribution in [2.24, 2.45) is 17.3 Å². The molecule has 1 N–H and O–H groups in total. The highest BCUT2D eigenvalue weighted by Crippen LogP contribution is 2.42. The van der Waals surface area contributed by atoms with Crippen LogP contribution in [0.3, 0.4) is 0 Å². The molecule has 110 valence electrons. The Kier molecular flexibility index (Phi) is 5.39. The highest BCUT2D eigenvalue weighted by atomic mass is 16.4. The molecule has 1 amide bonds. The Labute approximate surface area is 116 Å². The van der Waals surface area contributed by atoms with Crippen LogP contribution in [0.2, 0.25) is 0 Å². The Bertz CT molecular complexity index is 338. The van der Waals surface area contributed by atoms with E-state index in [0.29, 0.717) is 18.9 Å². The van der Waals surface area contributed by atoms with Gasteiger partial charge in [-0.25, -0.2) is 0 Å². The van der Waals surface area contributed by atoms with E-state index < -0.39 is 5.97 Å². The summed E-state index contributed by atoms with van der Waals surface area (Å²) < 4.78 is 0. The van der Waals surface area contributed by atoms with Gasteiger partial charge >= 0.3 is 5.97 Å². The molecule has 0 spiro atoms. The number of nitrogens with zero attached hydrogens (tertiary/aromatic N) is 1. The van der Waals surface area contributed by atoms with Gasteiger partial charge in [-0.05, 0) is 37.0 Å². The lowest BCUT2D eigenvalue weighted by molar-refractivity contribution is -0.140. The van der Waals surface area contributed by atoms with Gasteiger partial charge in [-0.15, -0.1) is 0 Å². The fraction of sp³-hybridized carbons (Fsp3) is 0.867. The molecule has 1 aliphatic carbocycles. The molecule has 4 nitrogen and oxygen atoms in total. The first kappa shape index (κ1) is 16.0. The Morgan fingerprint density at radius 3 is 2.47 bits per heavy atom. The summed E-state index contributed by atoms with van der Waals surface area (Å²) >= 11 is 0. The van der Waals surface area contributed by atoms with Gasteiger partial charge in [-0.3, -0.25) is 9.59 Å². The molecule has 1 fully saturated rings. The van der Waals surface area contributed by atoms with Gasteiger partial charge in [0, 0.05) is 25.9 Å². The second-order valence-electron chi connectivity index (χ2n) is 6.87. The molecule has 0 bridgehead atoms. The summed E-state index contributed by atoms with van der Waals surface area (Å²) in [5.41, 5.74) is 0.236. The van der Waals surface area contributed by atoms with Crippen LogP contribution in [0.4, 0.5) is 0 Å². The number of rotatable bonds is 5. The number of carbonyl (C=O) groups is 2. The number of hydrogen-bond donors (Lipinski definition) is 1. The van der Waals surface area contributed by atoms with Gasteiger partial charge in [0.25, 0.3) is 0 Å². The Morgan fingerprint density at radius 1 is 1.32 bits per heavy atom. The highest BCUT2D eigenvalue weighted by molar-refractivity contribution is 5.78. The second kappa shape index (κ2) is 6.40. The molecule has 2 atom stereocenters. The lowest BCUT2D eigenvalue weighted by atomic mass is 9.67. The Morgan fingerprint density at radius 2 is 1.95 bits per heavy atom. The van der Waals surface area contributed by atoms with E-state index in [1.165, 1.54) is 6.42 Å². The first-order chi connectivity index (χ1) is 8.71. The topological polar surface area (TPSA) is 57.6 Å². The third kappa shape index (κ3) is 5.21. The van der Waals surface area contributed by atoms with Crippen molar-refractivity contribution in [3.05, 3.63) is 0 Å². The molecule has 1 rings (SSSR count). The largest absolute Gasteiger partial charge is 0.481 e. The molecule has 1 saturated carbocycles. The maximum absolute atomic E-state index is 12.4. The van der Waals surface area contributed by atoms with Crippen molar-refractivity contribution < 1.29 is 14.7 Å². The number of aliphatic carboxylic acids is 1. The number of carboxylic acids is 1. The summed E-state index contributed by atoms with van der Waals surface area (Å²) in [6.45, 7) is 7.21. The van der Waals surface area contributed by atoms with Crippen LogP contribution >= 0.6 is 0 Å². The standard InChI is InChI=1S/C15H27NO3/c1-11-8-12(10-15(2,3)9-11)14(19)16(4)7-5-6-13(17)18/h11-12H,5-10H2,1-4H3,(H,17,18). The normalized spacial score (nSPS) is 25.9. The van der Waals surface area contributed by atoms with Crippen molar-refractivity contribution >= 4 is 11.9 Å². The van der Waals surface area contributed by atoms with Crippen LogP contribution < -0.4 is 0 Å². The summed E-state index contributed by atoms with van der Waals surface area (Å²) in [4.78, 5) is 24.6. The molecule has 0 heterocycles. The lowest BCUT2D eigenvalue weighted by Crippen LogP contribution is -2.39. The van der Waals surface area contributed by atoms with Crippen LogP contribution in [0.1, 0.15) is 52.9 Å². The van der Waals surface area contributed by atoms with Crippen molar-refractivity contribution in [2.75, 3.05) is 13.6 Å². The zero-order chi connectivity index (χ0) is 14.6. The van der Waals surface area contributed by atoms with Gasteiger partial charge in [0.05, 0.1) is 0 Å². The Hall–Kier alpha value is -1.06. The SMILES string of the molecule is CC1CC(C(=O)N(C)CCCC(=O)O)CC(C)(C)C1. The van der Waals surface area contributed by atoms with Gasteiger partial charge < -0.3 is 10.0 Å². The molecule has 0 radical (unpaired) electrons. The maximum Gasteiger partial charge on any atom is 0.303 e. The fourth-order valence-corrected chi connectivity index (χ4v) is 3.42. The number of carbonyl (C=O) groups excluding carboxylic acids is 1. The summed E-state index contributed by atoms with van der Waals surface area (Å²) in [5.74, 6) is 0.0805. The fourth-order valence-electron chi connectivity index (χ4n) is 3.42. The zero-order valence-electron chi connectivity index (χ0n) is 12.6. The summed E-state index contributed by atoms with van der Waals surface area (Å²) in [6, 6.07) is 0. The van der Waals surface area contributed by atoms with Gasteiger partial charge in [-0.2, -0.15) is 0 Å². The van der Waals surface area contributed by atoms with Crippen LogP contribution in [-0.4, -0.2) is 35.5 Å². The third-order valence-electron chi connectivity index (χ3n) is 4.00. The van der Waals surface area contributed by atoms with E-state index in [1.807, 2.05) is 0 Å². The van der Waals surface area contributed by atoms with Crippen molar-refractivity contribution in [2.45, 2.75) is 52.9 Å². The zero-order valence-corrected chi connectivity index (χ0v) is 12.6. The average Bonchev–Trinajstić information content (AvgIpc) is 2.24. The van der Waals surface area contributed by atoms with E-state index in [-0.39, 0.29) is 23.7 Å². The molecule has 4 heteroatoms. The quantitative estimate of drug-likeness (QED) is 0.835. The lowest BCUT2D eigenvalue weighted by Gasteiger charge is -2.39. The monoisotopic (exact) mass is 269 g/mol. The predicted octanol–water partition coefficient (Wildman–Crippen LogP) is 2.77.